The molecular weight excluding hydrogens is 1420 g/mol. The summed E-state index contributed by atoms with van der Waals surface area (Å²) in [5.41, 5.74) is 5.28. The number of nitro groups is 2. The summed E-state index contributed by atoms with van der Waals surface area (Å²) in [6, 6.07) is 13.3. The topological polar surface area (TPSA) is 447 Å². The molecule has 5 amide bonds. The molecule has 33 nitrogen and oxygen atoms in total. The number of amides is 5. The molecule has 0 saturated carbocycles. The van der Waals surface area contributed by atoms with Crippen LogP contribution in [0.15, 0.2) is 107 Å². The number of cyclic esters (lactones) is 1. The van der Waals surface area contributed by atoms with Crippen LogP contribution >= 0.6 is 0 Å². The Morgan fingerprint density at radius 1 is 0.773 bits per heavy atom. The number of carbonyl (C=O) groups excluding carboxylic acids is 8. The molecule has 4 aromatic carbocycles. The molecule has 588 valence electrons. The molecule has 5 heterocycles. The van der Waals surface area contributed by atoms with E-state index in [2.05, 4.69) is 48.4 Å². The zero-order valence-corrected chi connectivity index (χ0v) is 64.4. The summed E-state index contributed by atoms with van der Waals surface area (Å²) in [5, 5.41) is 56.4. The maximum Gasteiger partial charge on any atom is 0.353 e. The molecule has 6 aromatic rings. The van der Waals surface area contributed by atoms with Crippen molar-refractivity contribution in [3.05, 3.63) is 183 Å². The molecule has 2 aromatic heterocycles. The lowest BCUT2D eigenvalue weighted by Crippen LogP contribution is -2.61. The van der Waals surface area contributed by atoms with Gasteiger partial charge in [-0.05, 0) is 139 Å². The molecule has 8 N–H and O–H groups in total. The summed E-state index contributed by atoms with van der Waals surface area (Å²) >= 11 is 0. The summed E-state index contributed by atoms with van der Waals surface area (Å²) in [5.74, 6) is -6.05. The standard InChI is InChI=1S/C31H42N6O5.C30H42N6O7.C16H12N2O7/c1-17(2)25-27(38)32-18(3)28(39)37-15-9-10-23(35-37)30(41)42-19(4)26-34-24-16-21(11-12-22(24)29(40)36(26)8)13-14-31(6,7)20(5)33-25;1-16(2)23(25(38)31-17(3)26(39)36-14-8-9-21(34-36)28(41)42)33-29(43)30(5,6)13-12-19-10-11-20-22(15-19)32-24(18(4)37)35(7)27(20)40;1-9-5-3-7-11(17(21)22)13(9)15(19)25-16(20)14-10(2)6-4-8-12(14)18(23)24/h11-14,16-19,23,25,33,35H,5,9-10,15H2,1-4,6-8H3,(H,32,38);10-13,15-18,21,23,34,37H,8-9,14H2,1-7H3,(H,31,38)(H,33,43)(H,41,42);3-8H,1-2H3/b14-13+;13-12+;/t18-,19+,23?,25-;17-,18+,21-,23-;/m00./s1. The molecule has 9 rings (SSSR count). The second kappa shape index (κ2) is 36.0. The number of hydrazine groups is 2. The first kappa shape index (κ1) is 85.5. The van der Waals surface area contributed by atoms with Crippen LogP contribution in [0.2, 0.25) is 0 Å². The number of benzene rings is 4. The molecule has 0 spiro atoms. The third-order valence-corrected chi connectivity index (χ3v) is 19.0. The average Bonchev–Trinajstić information content (AvgIpc) is 0.826. The molecule has 2 fully saturated rings. The molecule has 0 aliphatic carbocycles. The van der Waals surface area contributed by atoms with Crippen molar-refractivity contribution in [2.75, 3.05) is 13.1 Å². The Labute approximate surface area is 634 Å². The zero-order chi connectivity index (χ0) is 81.9. The lowest BCUT2D eigenvalue weighted by atomic mass is 9.87. The quantitative estimate of drug-likeness (QED) is 0.0220. The monoisotopic (exact) mass is 1520 g/mol. The minimum Gasteiger partial charge on any atom is -0.480 e. The van der Waals surface area contributed by atoms with Crippen LogP contribution in [0.25, 0.3) is 34.0 Å². The highest BCUT2D eigenvalue weighted by molar-refractivity contribution is 6.07. The van der Waals surface area contributed by atoms with Crippen molar-refractivity contribution in [3.8, 4) is 0 Å². The lowest BCUT2D eigenvalue weighted by Gasteiger charge is -2.35. The number of hydrogen-bond acceptors (Lipinski definition) is 23. The number of rotatable bonds is 15. The maximum atomic E-state index is 13.3. The summed E-state index contributed by atoms with van der Waals surface area (Å²) in [4.78, 5) is 171. The number of aromatic nitrogens is 4. The van der Waals surface area contributed by atoms with Gasteiger partial charge in [0.1, 0.15) is 59.3 Å². The number of carboxylic acids is 1. The molecule has 8 atom stereocenters. The number of nitro benzene ring substituents is 2. The van der Waals surface area contributed by atoms with E-state index >= 15 is 0 Å². The third kappa shape index (κ3) is 20.5. The third-order valence-electron chi connectivity index (χ3n) is 19.0. The van der Waals surface area contributed by atoms with Gasteiger partial charge in [-0.25, -0.2) is 30.4 Å². The van der Waals surface area contributed by atoms with E-state index in [4.69, 9.17) is 9.72 Å². The second-order valence-corrected chi connectivity index (χ2v) is 29.2. The Kier molecular flexibility index (Phi) is 28.0. The predicted molar refractivity (Wildman–Crippen MR) is 406 cm³/mol. The van der Waals surface area contributed by atoms with Crippen LogP contribution in [-0.4, -0.2) is 152 Å². The fourth-order valence-corrected chi connectivity index (χ4v) is 12.2. The largest absolute Gasteiger partial charge is 0.480 e. The summed E-state index contributed by atoms with van der Waals surface area (Å²) in [6.07, 6.45) is 7.50. The number of hydrogen-bond donors (Lipinski definition) is 8. The SMILES string of the molecule is C=C1N[C@@H](C(C)C)C(=O)N[C@@H](C)C(=O)N2CCCC(N2)C(=O)O[C@H](C)c2nc3cc(ccc3c(=O)n2C)/C=C/C1(C)C.CC(C)[C@H](NC(=O)C(C)(C)/C=C/c1ccc2c(=O)n(C)c([C@@H](C)O)nc2c1)C(=O)N[C@@H](C)C(=O)N1CCC[C@@H](C(=O)O)N1.Cc1cccc([N+](=O)[O-])c1C(=O)OC(=O)c1c(C)cccc1[N+](=O)[O-]. The van der Waals surface area contributed by atoms with E-state index in [1.807, 2.05) is 52.0 Å². The molecule has 110 heavy (non-hydrogen) atoms. The van der Waals surface area contributed by atoms with Crippen LogP contribution in [0.4, 0.5) is 11.4 Å². The maximum absolute atomic E-state index is 13.3. The van der Waals surface area contributed by atoms with Gasteiger partial charge in [0, 0.05) is 50.4 Å². The molecule has 33 heteroatoms. The Morgan fingerprint density at radius 3 is 1.91 bits per heavy atom. The first-order valence-electron chi connectivity index (χ1n) is 35.7. The minimum absolute atomic E-state index is 0.0944. The van der Waals surface area contributed by atoms with Gasteiger partial charge in [0.25, 0.3) is 34.3 Å². The van der Waals surface area contributed by atoms with Crippen LogP contribution in [0.5, 0.6) is 0 Å². The molecular formula is C77H96N14O19. The normalized spacial score (nSPS) is 19.5. The Bertz CT molecular complexity index is 4730. The van der Waals surface area contributed by atoms with Crippen LogP contribution in [0, 0.1) is 56.7 Å². The number of fused-ring (bicyclic) bond motifs is 5. The van der Waals surface area contributed by atoms with Gasteiger partial charge in [-0.15, -0.1) is 0 Å². The second-order valence-electron chi connectivity index (χ2n) is 29.2. The van der Waals surface area contributed by atoms with Crippen molar-refractivity contribution in [3.63, 3.8) is 0 Å². The smallest absolute Gasteiger partial charge is 0.353 e. The van der Waals surface area contributed by atoms with E-state index in [0.29, 0.717) is 77.7 Å². The van der Waals surface area contributed by atoms with E-state index in [1.54, 1.807) is 92.1 Å². The van der Waals surface area contributed by atoms with Gasteiger partial charge >= 0.3 is 23.9 Å². The number of esters is 3. The fraction of sp³-hybridized carbons (Fsp3) is 0.442. The van der Waals surface area contributed by atoms with Gasteiger partial charge in [0.05, 0.1) is 37.1 Å². The van der Waals surface area contributed by atoms with Crippen LogP contribution in [0.1, 0.15) is 176 Å². The van der Waals surface area contributed by atoms with Crippen LogP contribution < -0.4 is 43.2 Å². The highest BCUT2D eigenvalue weighted by Crippen LogP contribution is 2.31. The van der Waals surface area contributed by atoms with Gasteiger partial charge in [0.2, 0.25) is 17.7 Å². The van der Waals surface area contributed by atoms with Crippen molar-refractivity contribution < 1.29 is 72.7 Å². The number of allylic oxidation sites excluding steroid dienone is 1. The van der Waals surface area contributed by atoms with E-state index < -0.39 is 122 Å². The number of aliphatic carboxylic acids is 1. The number of ether oxygens (including phenoxy) is 2. The summed E-state index contributed by atoms with van der Waals surface area (Å²) < 4.78 is 13.1. The van der Waals surface area contributed by atoms with Crippen molar-refractivity contribution in [1.82, 2.24) is 61.2 Å². The molecule has 5 bridgehead atoms. The Morgan fingerprint density at radius 2 is 1.35 bits per heavy atom. The number of aliphatic hydroxyl groups is 1. The number of aliphatic hydroxyl groups excluding tert-OH is 1. The van der Waals surface area contributed by atoms with Crippen molar-refractivity contribution in [2.24, 2.45) is 36.8 Å². The summed E-state index contributed by atoms with van der Waals surface area (Å²) in [7, 11) is 3.15. The Hall–Kier alpha value is -11.7. The number of nitrogens with one attached hydrogen (secondary N) is 6. The van der Waals surface area contributed by atoms with Crippen LogP contribution in [-0.2, 0) is 57.1 Å². The van der Waals surface area contributed by atoms with Crippen molar-refractivity contribution in [2.45, 2.75) is 171 Å². The van der Waals surface area contributed by atoms with E-state index in [9.17, 15) is 83.2 Å². The molecule has 0 radical (unpaired) electrons. The Balaban J connectivity index is 0.000000238. The highest BCUT2D eigenvalue weighted by Gasteiger charge is 2.38. The van der Waals surface area contributed by atoms with Crippen LogP contribution in [0.3, 0.4) is 0 Å². The minimum atomic E-state index is -1.24. The average molecular weight is 1520 g/mol. The van der Waals surface area contributed by atoms with Gasteiger partial charge in [-0.3, -0.25) is 82.5 Å². The lowest BCUT2D eigenvalue weighted by molar-refractivity contribution is -0.385. The predicted octanol–water partition coefficient (Wildman–Crippen LogP) is 7.09. The molecule has 1 unspecified atom stereocenters. The molecule has 3 aliphatic heterocycles. The highest BCUT2D eigenvalue weighted by atomic mass is 16.6. The van der Waals surface area contributed by atoms with Gasteiger partial charge in [0.15, 0.2) is 11.9 Å². The van der Waals surface area contributed by atoms with Crippen molar-refractivity contribution in [1.29, 1.82) is 0 Å². The first-order valence-corrected chi connectivity index (χ1v) is 35.7. The summed E-state index contributed by atoms with van der Waals surface area (Å²) in [6.45, 7) is 28.9. The van der Waals surface area contributed by atoms with Gasteiger partial charge in [-0.2, -0.15) is 0 Å². The van der Waals surface area contributed by atoms with Gasteiger partial charge < -0.3 is 41.0 Å². The number of aryl methyl sites for hydroxylation is 2. The van der Waals surface area contributed by atoms with E-state index in [0.717, 1.165) is 17.7 Å². The zero-order valence-electron chi connectivity index (χ0n) is 64.4. The number of carbonyl (C=O) groups is 9. The molecule has 2 saturated heterocycles. The van der Waals surface area contributed by atoms with E-state index in [-0.39, 0.29) is 62.8 Å². The number of nitrogens with zero attached hydrogens (tertiary/aromatic N) is 8. The first-order chi connectivity index (χ1) is 51.5. The molecule has 3 aliphatic rings. The fourth-order valence-electron chi connectivity index (χ4n) is 12.2. The van der Waals surface area contributed by atoms with Crippen molar-refractivity contribution >= 4 is 98.7 Å². The van der Waals surface area contributed by atoms with E-state index in [1.165, 1.54) is 71.1 Å². The van der Waals surface area contributed by atoms with Gasteiger partial charge in [-0.1, -0.05) is 109 Å². The number of carboxylic acid groups (broad SMARTS) is 1.